The zero-order valence-electron chi connectivity index (χ0n) is 16.2. The first-order valence-electron chi connectivity index (χ1n) is 9.60. The van der Waals surface area contributed by atoms with Crippen molar-refractivity contribution in [2.75, 3.05) is 10.1 Å². The van der Waals surface area contributed by atoms with Crippen LogP contribution in [0.5, 0.6) is 5.75 Å². The Balaban J connectivity index is 1.48. The second-order valence-electron chi connectivity index (χ2n) is 7.02. The molecule has 1 atom stereocenters. The molecule has 150 valence electrons. The molecular weight excluding hydrogens is 386 g/mol. The molecule has 6 nitrogen and oxygen atoms in total. The molecule has 2 N–H and O–H groups in total. The van der Waals surface area contributed by atoms with E-state index < -0.39 is 0 Å². The lowest BCUT2D eigenvalue weighted by molar-refractivity contribution is -0.130. The average molecular weight is 410 g/mol. The van der Waals surface area contributed by atoms with E-state index in [0.29, 0.717) is 13.0 Å². The van der Waals surface area contributed by atoms with Gasteiger partial charge in [-0.05, 0) is 68.1 Å². The number of fused-ring (bicyclic) bond motifs is 1. The normalized spacial score (nSPS) is 16.6. The highest BCUT2D eigenvalue weighted by Gasteiger charge is 2.29. The Morgan fingerprint density at radius 1 is 1.28 bits per heavy atom. The van der Waals surface area contributed by atoms with Crippen LogP contribution in [0, 0.1) is 6.92 Å². The molecule has 1 amide bonds. The van der Waals surface area contributed by atoms with Crippen LogP contribution in [0.25, 0.3) is 10.9 Å². The molecular formula is C22H23N3O3S. The van der Waals surface area contributed by atoms with Gasteiger partial charge in [0, 0.05) is 28.1 Å². The van der Waals surface area contributed by atoms with Crippen LogP contribution >= 0.6 is 11.9 Å². The van der Waals surface area contributed by atoms with Crippen molar-refractivity contribution in [3.63, 3.8) is 0 Å². The van der Waals surface area contributed by atoms with Crippen molar-refractivity contribution in [2.45, 2.75) is 32.4 Å². The van der Waals surface area contributed by atoms with Crippen molar-refractivity contribution < 1.29 is 14.7 Å². The van der Waals surface area contributed by atoms with Crippen molar-refractivity contribution in [2.24, 2.45) is 0 Å². The molecule has 1 fully saturated rings. The summed E-state index contributed by atoms with van der Waals surface area (Å²) in [6.07, 6.45) is 1.66. The third-order valence-electron chi connectivity index (χ3n) is 4.96. The number of carbonyl (C=O) groups excluding carboxylic acids is 1. The SMILES string of the molecule is Cc1cc(COc2ccc(N3SCCCC3C(=O)NO)cc2)c2ccccc2n1. The van der Waals surface area contributed by atoms with E-state index in [0.717, 1.165) is 45.8 Å². The Labute approximate surface area is 174 Å². The number of ether oxygens (including phenoxy) is 1. The summed E-state index contributed by atoms with van der Waals surface area (Å²) in [5.74, 6) is 1.33. The number of benzene rings is 2. The summed E-state index contributed by atoms with van der Waals surface area (Å²) in [7, 11) is 0. The molecule has 1 aliphatic rings. The summed E-state index contributed by atoms with van der Waals surface area (Å²) in [6, 6.07) is 17.5. The summed E-state index contributed by atoms with van der Waals surface area (Å²) in [4.78, 5) is 16.5. The van der Waals surface area contributed by atoms with Crippen LogP contribution in [0.1, 0.15) is 24.1 Å². The van der Waals surface area contributed by atoms with E-state index in [1.54, 1.807) is 17.4 Å². The minimum atomic E-state index is -0.378. The van der Waals surface area contributed by atoms with Crippen molar-refractivity contribution >= 4 is 34.4 Å². The van der Waals surface area contributed by atoms with Gasteiger partial charge in [-0.15, -0.1) is 0 Å². The monoisotopic (exact) mass is 409 g/mol. The molecule has 0 aliphatic carbocycles. The Morgan fingerprint density at radius 3 is 2.86 bits per heavy atom. The van der Waals surface area contributed by atoms with E-state index in [4.69, 9.17) is 9.94 Å². The molecule has 0 radical (unpaired) electrons. The molecule has 0 spiro atoms. The van der Waals surface area contributed by atoms with E-state index in [9.17, 15) is 4.79 Å². The second kappa shape index (κ2) is 8.71. The minimum Gasteiger partial charge on any atom is -0.489 e. The maximum absolute atomic E-state index is 12.0. The molecule has 2 aromatic carbocycles. The van der Waals surface area contributed by atoms with Crippen LogP contribution < -0.4 is 14.5 Å². The van der Waals surface area contributed by atoms with Gasteiger partial charge in [-0.3, -0.25) is 15.0 Å². The van der Waals surface area contributed by atoms with Crippen LogP contribution in [0.2, 0.25) is 0 Å². The smallest absolute Gasteiger partial charge is 0.267 e. The molecule has 1 unspecified atom stereocenters. The molecule has 3 aromatic rings. The average Bonchev–Trinajstić information content (AvgIpc) is 2.77. The number of anilines is 1. The Kier molecular flexibility index (Phi) is 5.87. The lowest BCUT2D eigenvalue weighted by Gasteiger charge is -2.34. The lowest BCUT2D eigenvalue weighted by atomic mass is 10.1. The molecule has 0 saturated carbocycles. The van der Waals surface area contributed by atoms with Gasteiger partial charge < -0.3 is 9.04 Å². The summed E-state index contributed by atoms with van der Waals surface area (Å²) in [6.45, 7) is 2.44. The second-order valence-corrected chi connectivity index (χ2v) is 8.08. The predicted molar refractivity (Wildman–Crippen MR) is 115 cm³/mol. The predicted octanol–water partition coefficient (Wildman–Crippen LogP) is 4.24. The number of nitrogens with one attached hydrogen (secondary N) is 1. The van der Waals surface area contributed by atoms with Crippen molar-refractivity contribution in [3.8, 4) is 5.75 Å². The summed E-state index contributed by atoms with van der Waals surface area (Å²) >= 11 is 1.60. The number of pyridine rings is 1. The number of carbonyl (C=O) groups is 1. The van der Waals surface area contributed by atoms with Gasteiger partial charge in [-0.2, -0.15) is 0 Å². The number of para-hydroxylation sites is 1. The van der Waals surface area contributed by atoms with Crippen molar-refractivity contribution in [1.82, 2.24) is 10.5 Å². The number of rotatable bonds is 5. The molecule has 1 aliphatic heterocycles. The molecule has 1 aromatic heterocycles. The first-order valence-corrected chi connectivity index (χ1v) is 10.5. The fraction of sp³-hybridized carbons (Fsp3) is 0.273. The maximum atomic E-state index is 12.0. The molecule has 4 rings (SSSR count). The van der Waals surface area contributed by atoms with Crippen LogP contribution in [-0.4, -0.2) is 27.9 Å². The maximum Gasteiger partial charge on any atom is 0.267 e. The molecule has 0 bridgehead atoms. The number of hydroxylamine groups is 1. The number of nitrogens with zero attached hydrogens (tertiary/aromatic N) is 2. The number of aryl methyl sites for hydroxylation is 1. The van der Waals surface area contributed by atoms with Gasteiger partial charge in [-0.25, -0.2) is 5.48 Å². The van der Waals surface area contributed by atoms with Gasteiger partial charge in [-0.1, -0.05) is 18.2 Å². The minimum absolute atomic E-state index is 0.377. The molecule has 29 heavy (non-hydrogen) atoms. The van der Waals surface area contributed by atoms with Crippen LogP contribution in [-0.2, 0) is 11.4 Å². The molecule has 7 heteroatoms. The van der Waals surface area contributed by atoms with E-state index in [1.165, 1.54) is 0 Å². The highest BCUT2D eigenvalue weighted by Crippen LogP contribution is 2.33. The third kappa shape index (κ3) is 4.31. The van der Waals surface area contributed by atoms with Gasteiger partial charge in [0.15, 0.2) is 0 Å². The van der Waals surface area contributed by atoms with E-state index >= 15 is 0 Å². The van der Waals surface area contributed by atoms with Crippen molar-refractivity contribution in [3.05, 3.63) is 65.9 Å². The zero-order valence-corrected chi connectivity index (χ0v) is 17.0. The first kappa shape index (κ1) is 19.5. The fourth-order valence-corrected chi connectivity index (χ4v) is 4.72. The largest absolute Gasteiger partial charge is 0.489 e. The van der Waals surface area contributed by atoms with E-state index in [2.05, 4.69) is 17.1 Å². The number of amides is 1. The van der Waals surface area contributed by atoms with Gasteiger partial charge in [0.25, 0.3) is 5.91 Å². The molecule has 2 heterocycles. The summed E-state index contributed by atoms with van der Waals surface area (Å²) in [5, 5.41) is 10.1. The van der Waals surface area contributed by atoms with E-state index in [1.807, 2.05) is 53.7 Å². The van der Waals surface area contributed by atoms with E-state index in [-0.39, 0.29) is 11.9 Å². The van der Waals surface area contributed by atoms with Gasteiger partial charge >= 0.3 is 0 Å². The van der Waals surface area contributed by atoms with Crippen molar-refractivity contribution in [1.29, 1.82) is 0 Å². The Bertz CT molecular complexity index is 1010. The van der Waals surface area contributed by atoms with Gasteiger partial charge in [0.2, 0.25) is 0 Å². The summed E-state index contributed by atoms with van der Waals surface area (Å²) in [5.41, 5.74) is 5.73. The van der Waals surface area contributed by atoms with Crippen LogP contribution in [0.4, 0.5) is 5.69 Å². The number of hydrogen-bond donors (Lipinski definition) is 2. The highest BCUT2D eigenvalue weighted by atomic mass is 32.2. The standard InChI is InChI=1S/C22H23N3O3S/c1-15-13-16(19-5-2-3-6-20(19)23-15)14-28-18-10-8-17(9-11-18)25-21(22(26)24-27)7-4-12-29-25/h2-3,5-6,8-11,13,21,27H,4,7,12,14H2,1H3,(H,24,26). The van der Waals surface area contributed by atoms with Gasteiger partial charge in [0.05, 0.1) is 5.52 Å². The lowest BCUT2D eigenvalue weighted by Crippen LogP contribution is -2.45. The topological polar surface area (TPSA) is 74.7 Å². The first-order chi connectivity index (χ1) is 14.2. The quantitative estimate of drug-likeness (QED) is 0.373. The van der Waals surface area contributed by atoms with Crippen LogP contribution in [0.15, 0.2) is 54.6 Å². The highest BCUT2D eigenvalue weighted by molar-refractivity contribution is 8.00. The van der Waals surface area contributed by atoms with Crippen LogP contribution in [0.3, 0.4) is 0 Å². The third-order valence-corrected chi connectivity index (χ3v) is 6.18. The Morgan fingerprint density at radius 2 is 2.07 bits per heavy atom. The molecule has 1 saturated heterocycles. The number of hydrogen-bond acceptors (Lipinski definition) is 6. The Hall–Kier alpha value is -2.77. The summed E-state index contributed by atoms with van der Waals surface area (Å²) < 4.78 is 7.98. The zero-order chi connectivity index (χ0) is 20.2. The van der Waals surface area contributed by atoms with Gasteiger partial charge in [0.1, 0.15) is 18.4 Å². The fourth-order valence-electron chi connectivity index (χ4n) is 3.58. The number of aromatic nitrogens is 1.